The Bertz CT molecular complexity index is 524. The first-order chi connectivity index (χ1) is 9.20. The summed E-state index contributed by atoms with van der Waals surface area (Å²) in [6.07, 6.45) is 2.08. The largest absolute Gasteiger partial charge is 0.309 e. The van der Waals surface area contributed by atoms with E-state index >= 15 is 0 Å². The maximum absolute atomic E-state index is 6.06. The lowest BCUT2D eigenvalue weighted by Crippen LogP contribution is -2.24. The first-order valence-electron chi connectivity index (χ1n) is 6.58. The van der Waals surface area contributed by atoms with Gasteiger partial charge >= 0.3 is 0 Å². The third-order valence-corrected chi connectivity index (χ3v) is 4.35. The Labute approximate surface area is 123 Å². The maximum atomic E-state index is 6.06. The molecule has 2 rings (SSSR count). The minimum absolute atomic E-state index is 0.325. The van der Waals surface area contributed by atoms with E-state index < -0.39 is 0 Å². The molecule has 1 aromatic heterocycles. The summed E-state index contributed by atoms with van der Waals surface area (Å²) in [5.74, 6) is 0. The molecule has 0 radical (unpaired) electrons. The van der Waals surface area contributed by atoms with E-state index in [-0.39, 0.29) is 0 Å². The molecule has 0 amide bonds. The maximum Gasteiger partial charge on any atom is 0.0798 e. The van der Waals surface area contributed by atoms with E-state index in [1.165, 1.54) is 10.4 Å². The fraction of sp³-hybridized carbons (Fsp3) is 0.400. The summed E-state index contributed by atoms with van der Waals surface area (Å²) in [6.45, 7) is 5.27. The zero-order valence-electron chi connectivity index (χ0n) is 11.3. The zero-order valence-corrected chi connectivity index (χ0v) is 12.9. The van der Waals surface area contributed by atoms with Crippen LogP contribution in [0, 0.1) is 6.92 Å². The number of hydrogen-bond donors (Lipinski definition) is 1. The molecule has 1 unspecified atom stereocenters. The number of rotatable bonds is 6. The summed E-state index contributed by atoms with van der Waals surface area (Å²) < 4.78 is 0. The van der Waals surface area contributed by atoms with Crippen molar-refractivity contribution in [2.75, 3.05) is 6.54 Å². The van der Waals surface area contributed by atoms with Gasteiger partial charge in [0.1, 0.15) is 0 Å². The van der Waals surface area contributed by atoms with E-state index in [2.05, 4.69) is 30.2 Å². The van der Waals surface area contributed by atoms with Crippen molar-refractivity contribution in [3.8, 4) is 0 Å². The Morgan fingerprint density at radius 2 is 2.26 bits per heavy atom. The highest BCUT2D eigenvalue weighted by Gasteiger charge is 2.16. The Balaban J connectivity index is 2.16. The van der Waals surface area contributed by atoms with Crippen molar-refractivity contribution >= 4 is 22.9 Å². The van der Waals surface area contributed by atoms with Crippen LogP contribution in [0.3, 0.4) is 0 Å². The highest BCUT2D eigenvalue weighted by atomic mass is 35.5. The van der Waals surface area contributed by atoms with Gasteiger partial charge in [0, 0.05) is 15.9 Å². The predicted molar refractivity (Wildman–Crippen MR) is 83.0 cm³/mol. The molecule has 0 saturated heterocycles. The Morgan fingerprint density at radius 1 is 1.42 bits per heavy atom. The fourth-order valence-electron chi connectivity index (χ4n) is 2.12. The van der Waals surface area contributed by atoms with Crippen molar-refractivity contribution in [1.29, 1.82) is 0 Å². The van der Waals surface area contributed by atoms with Crippen molar-refractivity contribution in [1.82, 2.24) is 10.3 Å². The van der Waals surface area contributed by atoms with Crippen LogP contribution in [-0.4, -0.2) is 11.5 Å². The Morgan fingerprint density at radius 3 is 2.89 bits per heavy atom. The number of benzene rings is 1. The molecule has 102 valence electrons. The number of nitrogens with zero attached hydrogens (tertiary/aromatic N) is 1. The highest BCUT2D eigenvalue weighted by Crippen LogP contribution is 2.26. The van der Waals surface area contributed by atoms with Gasteiger partial charge in [-0.3, -0.25) is 0 Å². The Hall–Kier alpha value is -0.900. The first-order valence-corrected chi connectivity index (χ1v) is 7.84. The second kappa shape index (κ2) is 7.04. The van der Waals surface area contributed by atoms with Crippen LogP contribution in [0.4, 0.5) is 0 Å². The lowest BCUT2D eigenvalue weighted by Gasteiger charge is -2.18. The van der Waals surface area contributed by atoms with Crippen LogP contribution in [-0.2, 0) is 6.42 Å². The summed E-state index contributed by atoms with van der Waals surface area (Å²) in [6, 6.07) is 8.42. The smallest absolute Gasteiger partial charge is 0.0798 e. The molecular weight excluding hydrogens is 276 g/mol. The summed E-state index contributed by atoms with van der Waals surface area (Å²) in [5.41, 5.74) is 4.30. The van der Waals surface area contributed by atoms with Gasteiger partial charge in [0.05, 0.1) is 11.2 Å². The van der Waals surface area contributed by atoms with Gasteiger partial charge in [-0.25, -0.2) is 4.98 Å². The molecule has 1 heterocycles. The Kier molecular flexibility index (Phi) is 5.37. The van der Waals surface area contributed by atoms with E-state index in [1.54, 1.807) is 11.3 Å². The average molecular weight is 295 g/mol. The molecule has 0 spiro atoms. The molecule has 0 aliphatic rings. The van der Waals surface area contributed by atoms with Crippen LogP contribution in [0.5, 0.6) is 0 Å². The van der Waals surface area contributed by atoms with Crippen molar-refractivity contribution in [2.45, 2.75) is 32.7 Å². The van der Waals surface area contributed by atoms with E-state index in [1.807, 2.05) is 23.7 Å². The molecule has 0 saturated carbocycles. The quantitative estimate of drug-likeness (QED) is 0.855. The molecule has 2 aromatic rings. The molecule has 4 heteroatoms. The fourth-order valence-corrected chi connectivity index (χ4v) is 3.21. The SMILES string of the molecule is CCCNC(Cc1cccc(Cl)c1)c1scnc1C. The van der Waals surface area contributed by atoms with Gasteiger partial charge in [0.15, 0.2) is 0 Å². The molecule has 0 fully saturated rings. The van der Waals surface area contributed by atoms with Gasteiger partial charge < -0.3 is 5.32 Å². The van der Waals surface area contributed by atoms with Crippen molar-refractivity contribution in [3.63, 3.8) is 0 Å². The van der Waals surface area contributed by atoms with Crippen molar-refractivity contribution in [2.24, 2.45) is 0 Å². The second-order valence-electron chi connectivity index (χ2n) is 4.64. The minimum Gasteiger partial charge on any atom is -0.309 e. The third kappa shape index (κ3) is 4.03. The van der Waals surface area contributed by atoms with Crippen LogP contribution in [0.25, 0.3) is 0 Å². The number of aryl methyl sites for hydroxylation is 1. The lowest BCUT2D eigenvalue weighted by molar-refractivity contribution is 0.534. The molecule has 2 nitrogen and oxygen atoms in total. The number of halogens is 1. The molecule has 0 aliphatic heterocycles. The second-order valence-corrected chi connectivity index (χ2v) is 5.97. The lowest BCUT2D eigenvalue weighted by atomic mass is 10.0. The van der Waals surface area contributed by atoms with Crippen LogP contribution < -0.4 is 5.32 Å². The van der Waals surface area contributed by atoms with Gasteiger partial charge in [-0.15, -0.1) is 11.3 Å². The summed E-state index contributed by atoms with van der Waals surface area (Å²) in [4.78, 5) is 5.68. The summed E-state index contributed by atoms with van der Waals surface area (Å²) >= 11 is 7.78. The number of hydrogen-bond acceptors (Lipinski definition) is 3. The third-order valence-electron chi connectivity index (χ3n) is 3.07. The van der Waals surface area contributed by atoms with Crippen LogP contribution in [0.1, 0.15) is 35.5 Å². The van der Waals surface area contributed by atoms with E-state index in [0.29, 0.717) is 6.04 Å². The normalized spacial score (nSPS) is 12.6. The highest BCUT2D eigenvalue weighted by molar-refractivity contribution is 7.09. The molecule has 0 aliphatic carbocycles. The van der Waals surface area contributed by atoms with Crippen molar-refractivity contribution < 1.29 is 0 Å². The monoisotopic (exact) mass is 294 g/mol. The average Bonchev–Trinajstić information content (AvgIpc) is 2.81. The van der Waals surface area contributed by atoms with Gasteiger partial charge in [-0.2, -0.15) is 0 Å². The standard InChI is InChI=1S/C15H19ClN2S/c1-3-7-17-14(15-11(2)18-10-19-15)9-12-5-4-6-13(16)8-12/h4-6,8,10,14,17H,3,7,9H2,1-2H3. The van der Waals surface area contributed by atoms with Crippen molar-refractivity contribution in [3.05, 3.63) is 50.9 Å². The minimum atomic E-state index is 0.325. The number of aromatic nitrogens is 1. The van der Waals surface area contributed by atoms with E-state index in [0.717, 1.165) is 30.1 Å². The van der Waals surface area contributed by atoms with Crippen LogP contribution >= 0.6 is 22.9 Å². The van der Waals surface area contributed by atoms with Crippen LogP contribution in [0.15, 0.2) is 29.8 Å². The molecule has 1 atom stereocenters. The molecular formula is C15H19ClN2S. The van der Waals surface area contributed by atoms with E-state index in [9.17, 15) is 0 Å². The van der Waals surface area contributed by atoms with Crippen LogP contribution in [0.2, 0.25) is 5.02 Å². The van der Waals surface area contributed by atoms with Gasteiger partial charge in [-0.05, 0) is 44.0 Å². The van der Waals surface area contributed by atoms with Gasteiger partial charge in [0.25, 0.3) is 0 Å². The van der Waals surface area contributed by atoms with Gasteiger partial charge in [-0.1, -0.05) is 30.7 Å². The number of nitrogens with one attached hydrogen (secondary N) is 1. The molecule has 1 aromatic carbocycles. The topological polar surface area (TPSA) is 24.9 Å². The zero-order chi connectivity index (χ0) is 13.7. The molecule has 1 N–H and O–H groups in total. The number of thiazole rings is 1. The summed E-state index contributed by atoms with van der Waals surface area (Å²) in [5, 5.41) is 4.41. The van der Waals surface area contributed by atoms with E-state index in [4.69, 9.17) is 11.6 Å². The predicted octanol–water partition coefficient (Wildman–Crippen LogP) is 4.39. The first kappa shape index (κ1) is 14.5. The molecule has 0 bridgehead atoms. The van der Waals surface area contributed by atoms with Gasteiger partial charge in [0.2, 0.25) is 0 Å². The molecule has 19 heavy (non-hydrogen) atoms. The summed E-state index contributed by atoms with van der Waals surface area (Å²) in [7, 11) is 0.